The zero-order valence-electron chi connectivity index (χ0n) is 16.6. The van der Waals surface area contributed by atoms with Crippen molar-refractivity contribution in [2.75, 3.05) is 20.8 Å². The van der Waals surface area contributed by atoms with Crippen LogP contribution >= 0.6 is 0 Å². The van der Waals surface area contributed by atoms with E-state index >= 15 is 0 Å². The maximum absolute atomic E-state index is 13.4. The Morgan fingerprint density at radius 2 is 2.18 bits per heavy atom. The molecule has 4 fully saturated rings. The summed E-state index contributed by atoms with van der Waals surface area (Å²) in [6.07, 6.45) is 3.10. The summed E-state index contributed by atoms with van der Waals surface area (Å²) in [5.41, 5.74) is 0.363. The second-order valence-electron chi connectivity index (χ2n) is 8.50. The zero-order chi connectivity index (χ0) is 19.6. The van der Waals surface area contributed by atoms with Crippen LogP contribution in [0.3, 0.4) is 0 Å². The molecule has 0 spiro atoms. The van der Waals surface area contributed by atoms with Crippen LogP contribution in [-0.4, -0.2) is 49.6 Å². The number of nitrogens with zero attached hydrogens (tertiary/aromatic N) is 2. The molecule has 5 unspecified atom stereocenters. The molecule has 5 aliphatic rings. The van der Waals surface area contributed by atoms with E-state index in [0.29, 0.717) is 18.9 Å². The fraction of sp³-hybridized carbons (Fsp3) is 0.591. The lowest BCUT2D eigenvalue weighted by Gasteiger charge is -2.58. The van der Waals surface area contributed by atoms with Crippen LogP contribution in [0.25, 0.3) is 5.57 Å². The lowest BCUT2D eigenvalue weighted by molar-refractivity contribution is -0.183. The molecule has 5 atom stereocenters. The van der Waals surface area contributed by atoms with Gasteiger partial charge in [0, 0.05) is 17.7 Å². The molecular formula is C22H26N2O4. The van der Waals surface area contributed by atoms with Gasteiger partial charge in [-0.05, 0) is 49.0 Å². The van der Waals surface area contributed by atoms with E-state index in [-0.39, 0.29) is 29.9 Å². The molecule has 1 saturated carbocycles. The monoisotopic (exact) mass is 382 g/mol. The summed E-state index contributed by atoms with van der Waals surface area (Å²) in [4.78, 5) is 33.5. The van der Waals surface area contributed by atoms with Gasteiger partial charge in [0.05, 0.1) is 31.7 Å². The fourth-order valence-corrected chi connectivity index (χ4v) is 6.35. The highest BCUT2D eigenvalue weighted by Crippen LogP contribution is 2.57. The minimum atomic E-state index is -0.787. The first-order valence-corrected chi connectivity index (χ1v) is 10.2. The van der Waals surface area contributed by atoms with Crippen molar-refractivity contribution in [3.63, 3.8) is 0 Å². The van der Waals surface area contributed by atoms with Crippen LogP contribution < -0.4 is 15.3 Å². The predicted octanol–water partition coefficient (Wildman–Crippen LogP) is 1.06. The van der Waals surface area contributed by atoms with E-state index in [1.54, 1.807) is 7.11 Å². The molecule has 1 aliphatic carbocycles. The van der Waals surface area contributed by atoms with Gasteiger partial charge in [0.1, 0.15) is 11.2 Å². The number of esters is 1. The molecule has 4 bridgehead atoms. The molecular weight excluding hydrogens is 356 g/mol. The smallest absolute Gasteiger partial charge is 0.316 e. The molecule has 1 aromatic carbocycles. The Morgan fingerprint density at radius 3 is 2.89 bits per heavy atom. The Morgan fingerprint density at radius 1 is 1.36 bits per heavy atom. The maximum Gasteiger partial charge on any atom is 0.316 e. The summed E-state index contributed by atoms with van der Waals surface area (Å²) in [6, 6.07) is 5.51. The van der Waals surface area contributed by atoms with E-state index in [9.17, 15) is 9.59 Å². The molecule has 1 amide bonds. The summed E-state index contributed by atoms with van der Waals surface area (Å²) in [6.45, 7) is 2.80. The largest absolute Gasteiger partial charge is 0.497 e. The Labute approximate surface area is 164 Å². The average Bonchev–Trinajstić information content (AvgIpc) is 3.04. The molecule has 28 heavy (non-hydrogen) atoms. The second-order valence-corrected chi connectivity index (χ2v) is 8.50. The number of rotatable bonds is 3. The maximum atomic E-state index is 13.4. The lowest BCUT2D eigenvalue weighted by Crippen LogP contribution is -2.69. The van der Waals surface area contributed by atoms with Crippen molar-refractivity contribution >= 4 is 17.4 Å². The predicted molar refractivity (Wildman–Crippen MR) is 102 cm³/mol. The summed E-state index contributed by atoms with van der Waals surface area (Å²) < 4.78 is 10.8. The van der Waals surface area contributed by atoms with Crippen molar-refractivity contribution in [3.8, 4) is 5.75 Å². The van der Waals surface area contributed by atoms with Crippen molar-refractivity contribution in [1.82, 2.24) is 4.90 Å². The number of carbonyl (C=O) groups is 2. The van der Waals surface area contributed by atoms with E-state index < -0.39 is 5.41 Å². The van der Waals surface area contributed by atoms with Gasteiger partial charge in [0.25, 0.3) is 0 Å². The number of carbonyl (C=O) groups excluding carboxylic acids is 2. The van der Waals surface area contributed by atoms with E-state index in [0.717, 1.165) is 41.2 Å². The van der Waals surface area contributed by atoms with Crippen LogP contribution in [0.2, 0.25) is 0 Å². The highest BCUT2D eigenvalue weighted by atomic mass is 16.5. The first-order valence-electron chi connectivity index (χ1n) is 10.2. The molecule has 6 heteroatoms. The summed E-state index contributed by atoms with van der Waals surface area (Å²) >= 11 is 0. The number of piperidine rings is 2. The minimum absolute atomic E-state index is 0.109. The highest BCUT2D eigenvalue weighted by molar-refractivity contribution is 5.90. The average molecular weight is 382 g/mol. The van der Waals surface area contributed by atoms with Crippen LogP contribution in [0.4, 0.5) is 0 Å². The summed E-state index contributed by atoms with van der Waals surface area (Å²) in [5, 5.41) is 1.97. The number of hydrogen-bond donors (Lipinski definition) is 0. The molecule has 3 saturated heterocycles. The first kappa shape index (κ1) is 17.7. The van der Waals surface area contributed by atoms with Gasteiger partial charge in [-0.25, -0.2) is 0 Å². The number of hydrogen-bond acceptors (Lipinski definition) is 5. The molecule has 6 rings (SSSR count). The van der Waals surface area contributed by atoms with Crippen LogP contribution in [0.1, 0.15) is 32.6 Å². The fourth-order valence-electron chi connectivity index (χ4n) is 6.35. The third-order valence-corrected chi connectivity index (χ3v) is 7.46. The Balaban J connectivity index is 1.77. The van der Waals surface area contributed by atoms with Gasteiger partial charge in [0.15, 0.2) is 0 Å². The number of amides is 1. The summed E-state index contributed by atoms with van der Waals surface area (Å²) in [7, 11) is 3.11. The quantitative estimate of drug-likeness (QED) is 0.733. The Kier molecular flexibility index (Phi) is 3.83. The third kappa shape index (κ3) is 2.06. The molecule has 4 heterocycles. The SMILES string of the molecule is CCC1CC2CC3(C(=O)OC)C4N=c5ccc(OC)cc5=C4CCN(C2=O)C13. The lowest BCUT2D eigenvalue weighted by atomic mass is 9.54. The van der Waals surface area contributed by atoms with Gasteiger partial charge in [0.2, 0.25) is 5.91 Å². The van der Waals surface area contributed by atoms with Crippen LogP contribution in [0, 0.1) is 17.3 Å². The second kappa shape index (κ2) is 6.06. The summed E-state index contributed by atoms with van der Waals surface area (Å²) in [5.74, 6) is 0.975. The third-order valence-electron chi connectivity index (χ3n) is 7.46. The molecule has 6 nitrogen and oxygen atoms in total. The molecule has 0 aromatic heterocycles. The minimum Gasteiger partial charge on any atom is -0.497 e. The van der Waals surface area contributed by atoms with Gasteiger partial charge in [-0.3, -0.25) is 14.6 Å². The Bertz CT molecular complexity index is 987. The standard InChI is InChI=1S/C22H26N2O4/c1-4-12-9-13-11-22(21(26)28-3)18-15(7-8-24(19(12)22)20(13)25)16-10-14(27-2)5-6-17(16)23-18/h5-6,10,12-13,18-19H,4,7-9,11H2,1-3H3. The van der Waals surface area contributed by atoms with Crippen molar-refractivity contribution < 1.29 is 19.1 Å². The Hall–Kier alpha value is -2.37. The van der Waals surface area contributed by atoms with E-state index in [1.807, 2.05) is 23.1 Å². The van der Waals surface area contributed by atoms with Crippen LogP contribution in [0.5, 0.6) is 5.75 Å². The van der Waals surface area contributed by atoms with Gasteiger partial charge in [-0.1, -0.05) is 13.3 Å². The van der Waals surface area contributed by atoms with Gasteiger partial charge < -0.3 is 14.4 Å². The zero-order valence-corrected chi connectivity index (χ0v) is 16.6. The number of ether oxygens (including phenoxy) is 2. The van der Waals surface area contributed by atoms with Crippen LogP contribution in [0.15, 0.2) is 23.2 Å². The first-order chi connectivity index (χ1) is 13.5. The highest BCUT2D eigenvalue weighted by Gasteiger charge is 2.67. The van der Waals surface area contributed by atoms with E-state index in [4.69, 9.17) is 14.5 Å². The van der Waals surface area contributed by atoms with Crippen LogP contribution in [-0.2, 0) is 14.3 Å². The van der Waals surface area contributed by atoms with Crippen molar-refractivity contribution in [3.05, 3.63) is 28.8 Å². The molecule has 0 radical (unpaired) electrons. The number of methoxy groups -OCH3 is 2. The number of benzene rings is 1. The molecule has 1 aromatic rings. The van der Waals surface area contributed by atoms with E-state index in [2.05, 4.69) is 6.92 Å². The van der Waals surface area contributed by atoms with Gasteiger partial charge >= 0.3 is 5.97 Å². The topological polar surface area (TPSA) is 68.2 Å². The van der Waals surface area contributed by atoms with Crippen molar-refractivity contribution in [2.45, 2.75) is 44.7 Å². The van der Waals surface area contributed by atoms with E-state index in [1.165, 1.54) is 7.11 Å². The normalized spacial score (nSPS) is 35.0. The van der Waals surface area contributed by atoms with Crippen molar-refractivity contribution in [1.29, 1.82) is 0 Å². The van der Waals surface area contributed by atoms with Gasteiger partial charge in [-0.15, -0.1) is 0 Å². The molecule has 4 aliphatic heterocycles. The molecule has 148 valence electrons. The van der Waals surface area contributed by atoms with Gasteiger partial charge in [-0.2, -0.15) is 0 Å². The van der Waals surface area contributed by atoms with Crippen molar-refractivity contribution in [2.24, 2.45) is 22.2 Å². The molecule has 0 N–H and O–H groups in total. The number of fused-ring (bicyclic) bond motifs is 3.